The van der Waals surface area contributed by atoms with E-state index in [4.69, 9.17) is 4.42 Å². The van der Waals surface area contributed by atoms with E-state index in [0.717, 1.165) is 24.8 Å². The van der Waals surface area contributed by atoms with Gasteiger partial charge in [0.1, 0.15) is 17.4 Å². The Morgan fingerprint density at radius 1 is 1.07 bits per heavy atom. The second kappa shape index (κ2) is 9.80. The maximum atomic E-state index is 14.9. The van der Waals surface area contributed by atoms with Crippen molar-refractivity contribution in [3.8, 4) is 22.5 Å². The molecule has 7 rings (SSSR count). The Morgan fingerprint density at radius 3 is 2.40 bits per heavy atom. The van der Waals surface area contributed by atoms with Crippen LogP contribution in [-0.2, 0) is 0 Å². The minimum absolute atomic E-state index is 0.000227. The number of anilines is 1. The maximum absolute atomic E-state index is 14.9. The Kier molecular flexibility index (Phi) is 6.40. The number of nitrogens with zero attached hydrogens (tertiary/aromatic N) is 1. The fourth-order valence-electron chi connectivity index (χ4n) is 6.03. The number of benzene rings is 2. The summed E-state index contributed by atoms with van der Waals surface area (Å²) in [5, 5.41) is 5.64. The molecule has 3 saturated carbocycles. The summed E-state index contributed by atoms with van der Waals surface area (Å²) in [6.45, 7) is 1.25. The Balaban J connectivity index is 1.49. The lowest BCUT2D eigenvalue weighted by Crippen LogP contribution is -2.52. The molecular weight excluding hydrogens is 519 g/mol. The number of carbonyl (C=O) groups excluding carboxylic acids is 2. The van der Waals surface area contributed by atoms with Crippen molar-refractivity contribution in [3.63, 3.8) is 0 Å². The average Bonchev–Trinajstić information content (AvgIpc) is 3.26. The topological polar surface area (TPSA) is 84.2 Å². The van der Waals surface area contributed by atoms with Crippen LogP contribution in [0.2, 0.25) is 0 Å². The number of amides is 1. The summed E-state index contributed by atoms with van der Waals surface area (Å²) in [6.07, 6.45) is 0.655. The molecule has 2 aromatic heterocycles. The smallest absolute Gasteiger partial charge is 0.255 e. The molecule has 2 heterocycles. The number of furan rings is 1. The van der Waals surface area contributed by atoms with Gasteiger partial charge in [-0.2, -0.15) is 4.98 Å². The SMILES string of the molecule is CNC(=O)c1c(-c2ccc(C)cc2)oc2nc(NCC(F)F)c(-c3ccc(F)c(C(=O)CC45CC(C4)C5)c3)cc12. The molecule has 9 heteroatoms. The van der Waals surface area contributed by atoms with E-state index in [-0.39, 0.29) is 39.6 Å². The number of halogens is 3. The zero-order valence-electron chi connectivity index (χ0n) is 22.1. The van der Waals surface area contributed by atoms with Gasteiger partial charge in [0.15, 0.2) is 5.78 Å². The predicted octanol–water partition coefficient (Wildman–Crippen LogP) is 7.02. The van der Waals surface area contributed by atoms with Crippen LogP contribution in [0.15, 0.2) is 52.9 Å². The van der Waals surface area contributed by atoms with Crippen LogP contribution in [-0.4, -0.2) is 36.7 Å². The van der Waals surface area contributed by atoms with E-state index in [2.05, 4.69) is 15.6 Å². The molecule has 6 nitrogen and oxygen atoms in total. The molecule has 0 aliphatic heterocycles. The van der Waals surface area contributed by atoms with Crippen molar-refractivity contribution >= 4 is 28.6 Å². The molecule has 2 bridgehead atoms. The highest BCUT2D eigenvalue weighted by Crippen LogP contribution is 2.66. The molecule has 0 spiro atoms. The van der Waals surface area contributed by atoms with Gasteiger partial charge in [0.05, 0.1) is 23.1 Å². The number of aromatic nitrogens is 1. The number of hydrogen-bond acceptors (Lipinski definition) is 5. The van der Waals surface area contributed by atoms with E-state index < -0.39 is 24.7 Å². The molecule has 0 atom stereocenters. The van der Waals surface area contributed by atoms with E-state index in [1.54, 1.807) is 6.07 Å². The van der Waals surface area contributed by atoms with Crippen LogP contribution in [0.5, 0.6) is 0 Å². The first-order valence-corrected chi connectivity index (χ1v) is 13.3. The molecule has 4 aromatic rings. The fraction of sp³-hybridized carbons (Fsp3) is 0.323. The lowest BCUT2D eigenvalue weighted by atomic mass is 9.43. The standard InChI is InChI=1S/C31H28F3N3O3/c1-16-3-5-18(6-4-16)27-26(29(39)35-2)22-10-20(28(36-15-25(33)34)37-30(22)40-27)19-7-8-23(32)21(9-19)24(38)14-31-11-17(12-31)13-31/h3-10,17,25H,11-15H2,1-2H3,(H,35,39)(H,36,37). The Morgan fingerprint density at radius 2 is 1.77 bits per heavy atom. The average molecular weight is 548 g/mol. The molecule has 206 valence electrons. The zero-order valence-corrected chi connectivity index (χ0v) is 22.1. The van der Waals surface area contributed by atoms with Gasteiger partial charge in [0, 0.05) is 24.6 Å². The summed E-state index contributed by atoms with van der Waals surface area (Å²) < 4.78 is 47.3. The summed E-state index contributed by atoms with van der Waals surface area (Å²) in [4.78, 5) is 30.7. The van der Waals surface area contributed by atoms with E-state index >= 15 is 0 Å². The number of aryl methyl sites for hydroxylation is 1. The summed E-state index contributed by atoms with van der Waals surface area (Å²) in [5.74, 6) is -0.266. The van der Waals surface area contributed by atoms with Crippen LogP contribution in [0.1, 0.15) is 52.0 Å². The molecular formula is C31H28F3N3O3. The number of nitrogens with one attached hydrogen (secondary N) is 2. The third kappa shape index (κ3) is 4.53. The number of alkyl halides is 2. The number of pyridine rings is 1. The molecule has 3 aliphatic carbocycles. The van der Waals surface area contributed by atoms with Crippen LogP contribution in [0.25, 0.3) is 33.6 Å². The van der Waals surface area contributed by atoms with Crippen molar-refractivity contribution in [2.24, 2.45) is 11.3 Å². The minimum Gasteiger partial charge on any atom is -0.437 e. The van der Waals surface area contributed by atoms with Crippen molar-refractivity contribution in [3.05, 3.63) is 71.0 Å². The quantitative estimate of drug-likeness (QED) is 0.220. The monoisotopic (exact) mass is 547 g/mol. The Hall–Kier alpha value is -4.14. The summed E-state index contributed by atoms with van der Waals surface area (Å²) in [5.41, 5.74) is 2.70. The van der Waals surface area contributed by atoms with Crippen LogP contribution in [0, 0.1) is 24.1 Å². The highest BCUT2D eigenvalue weighted by Gasteiger charge is 2.57. The number of ketones is 1. The van der Waals surface area contributed by atoms with Gasteiger partial charge in [-0.05, 0) is 61.3 Å². The first-order chi connectivity index (χ1) is 19.2. The van der Waals surface area contributed by atoms with E-state index in [1.807, 2.05) is 31.2 Å². The molecule has 1 amide bonds. The van der Waals surface area contributed by atoms with E-state index in [9.17, 15) is 22.8 Å². The van der Waals surface area contributed by atoms with Gasteiger partial charge in [-0.25, -0.2) is 13.2 Å². The van der Waals surface area contributed by atoms with Crippen molar-refractivity contribution in [2.75, 3.05) is 18.9 Å². The van der Waals surface area contributed by atoms with E-state index in [0.29, 0.717) is 34.4 Å². The number of fused-ring (bicyclic) bond motifs is 1. The first-order valence-electron chi connectivity index (χ1n) is 13.3. The van der Waals surface area contributed by atoms with Crippen molar-refractivity contribution in [2.45, 2.75) is 39.0 Å². The number of hydrogen-bond donors (Lipinski definition) is 2. The molecule has 2 N–H and O–H groups in total. The van der Waals surface area contributed by atoms with Crippen LogP contribution >= 0.6 is 0 Å². The molecule has 3 fully saturated rings. The van der Waals surface area contributed by atoms with Crippen LogP contribution in [0.3, 0.4) is 0 Å². The highest BCUT2D eigenvalue weighted by molar-refractivity contribution is 6.11. The third-order valence-corrected chi connectivity index (χ3v) is 8.15. The van der Waals surface area contributed by atoms with Gasteiger partial charge in [0.2, 0.25) is 5.71 Å². The molecule has 2 aromatic carbocycles. The normalized spacial score (nSPS) is 19.3. The van der Waals surface area contributed by atoms with E-state index in [1.165, 1.54) is 25.2 Å². The molecule has 0 radical (unpaired) electrons. The second-order valence-electron chi connectivity index (χ2n) is 11.0. The van der Waals surface area contributed by atoms with Crippen molar-refractivity contribution in [1.82, 2.24) is 10.3 Å². The third-order valence-electron chi connectivity index (χ3n) is 8.15. The predicted molar refractivity (Wildman–Crippen MR) is 146 cm³/mol. The van der Waals surface area contributed by atoms with Gasteiger partial charge in [-0.3, -0.25) is 9.59 Å². The van der Waals surface area contributed by atoms with Gasteiger partial charge in [-0.15, -0.1) is 0 Å². The Bertz CT molecular complexity index is 1630. The summed E-state index contributed by atoms with van der Waals surface area (Å²) >= 11 is 0. The molecule has 0 saturated heterocycles. The van der Waals surface area contributed by atoms with Crippen LogP contribution < -0.4 is 10.6 Å². The number of rotatable bonds is 9. The van der Waals surface area contributed by atoms with Gasteiger partial charge < -0.3 is 15.1 Å². The highest BCUT2D eigenvalue weighted by atomic mass is 19.3. The second-order valence-corrected chi connectivity index (χ2v) is 11.0. The fourth-order valence-corrected chi connectivity index (χ4v) is 6.03. The van der Waals surface area contributed by atoms with Gasteiger partial charge in [-0.1, -0.05) is 35.9 Å². The lowest BCUT2D eigenvalue weighted by Gasteiger charge is -2.62. The Labute approximate surface area is 229 Å². The lowest BCUT2D eigenvalue weighted by molar-refractivity contribution is -0.103. The zero-order chi connectivity index (χ0) is 28.2. The van der Waals surface area contributed by atoms with Gasteiger partial charge >= 0.3 is 0 Å². The number of carbonyl (C=O) groups is 2. The molecule has 0 unspecified atom stereocenters. The largest absolute Gasteiger partial charge is 0.437 e. The number of Topliss-reactive ketones (excluding diaryl/α,β-unsaturated/α-hetero) is 1. The van der Waals surface area contributed by atoms with Gasteiger partial charge in [0.25, 0.3) is 12.3 Å². The minimum atomic E-state index is -2.66. The summed E-state index contributed by atoms with van der Waals surface area (Å²) in [6, 6.07) is 13.1. The molecule has 40 heavy (non-hydrogen) atoms. The molecule has 3 aliphatic rings. The van der Waals surface area contributed by atoms with Crippen LogP contribution in [0.4, 0.5) is 19.0 Å². The maximum Gasteiger partial charge on any atom is 0.255 e. The first kappa shape index (κ1) is 26.1. The van der Waals surface area contributed by atoms with Crippen molar-refractivity contribution < 1.29 is 27.2 Å². The summed E-state index contributed by atoms with van der Waals surface area (Å²) in [7, 11) is 1.50. The van der Waals surface area contributed by atoms with Crippen molar-refractivity contribution in [1.29, 1.82) is 0 Å².